The highest BCUT2D eigenvalue weighted by Gasteiger charge is 2.55. The minimum absolute atomic E-state index is 0.0555. The Bertz CT molecular complexity index is 699. The van der Waals surface area contributed by atoms with E-state index in [1.54, 1.807) is 0 Å². The summed E-state index contributed by atoms with van der Waals surface area (Å²) in [5.74, 6) is -1.42. The molecule has 0 aromatic carbocycles. The SMILES string of the molecule is COC1O[C@@H]2[C@H](O1)[C@@H](COC(=O)C(N)C(C)C)O[C@H]2c1nc(C(N)=O)ns1. The molecule has 0 saturated carbocycles. The summed E-state index contributed by atoms with van der Waals surface area (Å²) in [5, 5.41) is 0.409. The van der Waals surface area contributed by atoms with Gasteiger partial charge in [-0.3, -0.25) is 9.59 Å². The minimum atomic E-state index is -0.883. The van der Waals surface area contributed by atoms with Gasteiger partial charge in [0.15, 0.2) is 0 Å². The summed E-state index contributed by atoms with van der Waals surface area (Å²) in [6.45, 7) is 2.70. The lowest BCUT2D eigenvalue weighted by molar-refractivity contribution is -0.252. The summed E-state index contributed by atoms with van der Waals surface area (Å²) in [4.78, 5) is 27.3. The van der Waals surface area contributed by atoms with E-state index in [9.17, 15) is 9.59 Å². The zero-order valence-electron chi connectivity index (χ0n) is 15.1. The van der Waals surface area contributed by atoms with Gasteiger partial charge in [0.05, 0.1) is 0 Å². The second kappa shape index (κ2) is 8.12. The summed E-state index contributed by atoms with van der Waals surface area (Å²) < 4.78 is 31.5. The number of amides is 1. The van der Waals surface area contributed by atoms with E-state index in [4.69, 9.17) is 35.2 Å². The highest BCUT2D eigenvalue weighted by atomic mass is 32.1. The molecule has 150 valence electrons. The van der Waals surface area contributed by atoms with Gasteiger partial charge in [-0.05, 0) is 17.5 Å². The molecule has 3 rings (SSSR count). The third kappa shape index (κ3) is 4.10. The molecule has 0 radical (unpaired) electrons. The van der Waals surface area contributed by atoms with Gasteiger partial charge in [0, 0.05) is 7.11 Å². The molecule has 12 heteroatoms. The number of carbonyl (C=O) groups is 2. The van der Waals surface area contributed by atoms with E-state index in [1.165, 1.54) is 7.11 Å². The van der Waals surface area contributed by atoms with E-state index < -0.39 is 48.8 Å². The Morgan fingerprint density at radius 1 is 1.26 bits per heavy atom. The Hall–Kier alpha value is -1.70. The van der Waals surface area contributed by atoms with Crippen LogP contribution in [-0.2, 0) is 28.5 Å². The second-order valence-electron chi connectivity index (χ2n) is 6.54. The number of hydrogen-bond acceptors (Lipinski definition) is 11. The maximum atomic E-state index is 12.0. The van der Waals surface area contributed by atoms with E-state index in [-0.39, 0.29) is 18.3 Å². The summed E-state index contributed by atoms with van der Waals surface area (Å²) in [6, 6.07) is -0.730. The van der Waals surface area contributed by atoms with Crippen LogP contribution in [0.3, 0.4) is 0 Å². The summed E-state index contributed by atoms with van der Waals surface area (Å²) in [6.07, 6.45) is -2.40. The van der Waals surface area contributed by atoms with Crippen molar-refractivity contribution in [2.24, 2.45) is 17.4 Å². The zero-order valence-corrected chi connectivity index (χ0v) is 15.9. The highest BCUT2D eigenvalue weighted by molar-refractivity contribution is 7.05. The molecular formula is C15H22N4O7S. The molecule has 2 unspecified atom stereocenters. The van der Waals surface area contributed by atoms with Gasteiger partial charge in [0.1, 0.15) is 42.1 Å². The monoisotopic (exact) mass is 402 g/mol. The van der Waals surface area contributed by atoms with Crippen molar-refractivity contribution in [3.63, 3.8) is 0 Å². The van der Waals surface area contributed by atoms with Crippen molar-refractivity contribution < 1.29 is 33.3 Å². The van der Waals surface area contributed by atoms with Gasteiger partial charge in [-0.2, -0.15) is 4.37 Å². The lowest BCUT2D eigenvalue weighted by atomic mass is 10.1. The maximum Gasteiger partial charge on any atom is 0.323 e. The molecule has 2 saturated heterocycles. The number of hydrogen-bond donors (Lipinski definition) is 2. The van der Waals surface area contributed by atoms with E-state index in [0.29, 0.717) is 5.01 Å². The molecule has 3 heterocycles. The first-order valence-corrected chi connectivity index (χ1v) is 9.14. The third-order valence-corrected chi connectivity index (χ3v) is 5.10. The van der Waals surface area contributed by atoms with Crippen molar-refractivity contribution >= 4 is 23.4 Å². The average molecular weight is 402 g/mol. The molecule has 0 spiro atoms. The molecule has 2 aliphatic heterocycles. The zero-order chi connectivity index (χ0) is 19.7. The molecule has 2 aliphatic rings. The van der Waals surface area contributed by atoms with E-state index in [2.05, 4.69) is 9.36 Å². The van der Waals surface area contributed by atoms with Crippen LogP contribution in [0.1, 0.15) is 35.6 Å². The van der Waals surface area contributed by atoms with Crippen LogP contribution in [0.25, 0.3) is 0 Å². The summed E-state index contributed by atoms with van der Waals surface area (Å²) in [7, 11) is 1.44. The van der Waals surface area contributed by atoms with Gasteiger partial charge in [-0.15, -0.1) is 0 Å². The molecule has 0 bridgehead atoms. The molecule has 2 fully saturated rings. The lowest BCUT2D eigenvalue weighted by Gasteiger charge is -2.20. The first kappa shape index (κ1) is 20.0. The Morgan fingerprint density at radius 3 is 2.56 bits per heavy atom. The van der Waals surface area contributed by atoms with Gasteiger partial charge < -0.3 is 35.2 Å². The predicted octanol–water partition coefficient (Wildman–Crippen LogP) is -0.683. The first-order chi connectivity index (χ1) is 12.8. The van der Waals surface area contributed by atoms with Crippen molar-refractivity contribution in [1.82, 2.24) is 9.36 Å². The molecular weight excluding hydrogens is 380 g/mol. The fraction of sp³-hybridized carbons (Fsp3) is 0.733. The van der Waals surface area contributed by atoms with E-state index >= 15 is 0 Å². The molecule has 27 heavy (non-hydrogen) atoms. The number of primary amides is 1. The molecule has 1 amide bonds. The van der Waals surface area contributed by atoms with Gasteiger partial charge in [-0.1, -0.05) is 13.8 Å². The Balaban J connectivity index is 1.71. The Kier molecular flexibility index (Phi) is 6.03. The van der Waals surface area contributed by atoms with Crippen LogP contribution in [-0.4, -0.2) is 65.8 Å². The number of rotatable bonds is 7. The molecule has 4 N–H and O–H groups in total. The Morgan fingerprint density at radius 2 is 1.96 bits per heavy atom. The highest BCUT2D eigenvalue weighted by Crippen LogP contribution is 2.42. The molecule has 6 atom stereocenters. The Labute approximate surface area is 159 Å². The van der Waals surface area contributed by atoms with Crippen molar-refractivity contribution in [3.8, 4) is 0 Å². The van der Waals surface area contributed by atoms with Gasteiger partial charge in [0.25, 0.3) is 12.4 Å². The number of nitrogens with two attached hydrogens (primary N) is 2. The van der Waals surface area contributed by atoms with Crippen LogP contribution in [0.5, 0.6) is 0 Å². The fourth-order valence-corrected chi connectivity index (χ4v) is 3.49. The van der Waals surface area contributed by atoms with Crippen LogP contribution < -0.4 is 11.5 Å². The van der Waals surface area contributed by atoms with Crippen molar-refractivity contribution in [2.45, 2.75) is 50.8 Å². The van der Waals surface area contributed by atoms with Crippen LogP contribution in [0, 0.1) is 5.92 Å². The average Bonchev–Trinajstić information content (AvgIpc) is 3.33. The minimum Gasteiger partial charge on any atom is -0.462 e. The molecule has 0 aliphatic carbocycles. The van der Waals surface area contributed by atoms with Gasteiger partial charge in [-0.25, -0.2) is 4.98 Å². The van der Waals surface area contributed by atoms with E-state index in [0.717, 1.165) is 11.5 Å². The second-order valence-corrected chi connectivity index (χ2v) is 7.32. The largest absolute Gasteiger partial charge is 0.462 e. The number of carbonyl (C=O) groups excluding carboxylic acids is 2. The predicted molar refractivity (Wildman–Crippen MR) is 90.4 cm³/mol. The number of ether oxygens (including phenoxy) is 5. The third-order valence-electron chi connectivity index (χ3n) is 4.32. The quantitative estimate of drug-likeness (QED) is 0.559. The summed E-state index contributed by atoms with van der Waals surface area (Å²) >= 11 is 0.977. The lowest BCUT2D eigenvalue weighted by Crippen LogP contribution is -2.40. The molecule has 11 nitrogen and oxygen atoms in total. The maximum absolute atomic E-state index is 12.0. The number of nitrogens with zero attached hydrogens (tertiary/aromatic N) is 2. The number of esters is 1. The smallest absolute Gasteiger partial charge is 0.323 e. The molecule has 1 aromatic rings. The topological polar surface area (TPSA) is 158 Å². The standard InChI is InChI=1S/C15H22N4O7S/c1-5(2)7(16)14(21)23-4-6-8-9(26-15(22-3)25-8)10(24-6)13-18-12(11(17)20)19-27-13/h5-10,15H,4,16H2,1-3H3,(H2,17,20)/t6-,7?,8-,9-,10-,15?/m1/s1. The normalized spacial score (nSPS) is 31.1. The van der Waals surface area contributed by atoms with Crippen LogP contribution in [0.4, 0.5) is 0 Å². The number of aromatic nitrogens is 2. The molecule has 1 aromatic heterocycles. The fourth-order valence-electron chi connectivity index (χ4n) is 2.76. The van der Waals surface area contributed by atoms with Crippen molar-refractivity contribution in [1.29, 1.82) is 0 Å². The van der Waals surface area contributed by atoms with E-state index in [1.807, 2.05) is 13.8 Å². The summed E-state index contributed by atoms with van der Waals surface area (Å²) in [5.41, 5.74) is 11.0. The van der Waals surface area contributed by atoms with Crippen LogP contribution >= 0.6 is 11.5 Å². The first-order valence-electron chi connectivity index (χ1n) is 8.36. The van der Waals surface area contributed by atoms with Crippen molar-refractivity contribution in [3.05, 3.63) is 10.8 Å². The van der Waals surface area contributed by atoms with Gasteiger partial charge in [0.2, 0.25) is 5.82 Å². The van der Waals surface area contributed by atoms with Crippen LogP contribution in [0.15, 0.2) is 0 Å². The number of methoxy groups -OCH3 is 1. The number of fused-ring (bicyclic) bond motifs is 1. The van der Waals surface area contributed by atoms with Crippen LogP contribution in [0.2, 0.25) is 0 Å². The van der Waals surface area contributed by atoms with Gasteiger partial charge >= 0.3 is 5.97 Å². The van der Waals surface area contributed by atoms with Crippen molar-refractivity contribution in [2.75, 3.05) is 13.7 Å².